The van der Waals surface area contributed by atoms with Gasteiger partial charge in [0, 0.05) is 22.1 Å². The summed E-state index contributed by atoms with van der Waals surface area (Å²) >= 11 is 0. The van der Waals surface area contributed by atoms with Crippen molar-refractivity contribution in [2.75, 3.05) is 0 Å². The molecule has 38 heavy (non-hydrogen) atoms. The number of rotatable bonds is 5. The van der Waals surface area contributed by atoms with Crippen LogP contribution in [0.25, 0.3) is 10.8 Å². The molecule has 0 bridgehead atoms. The predicted octanol–water partition coefficient (Wildman–Crippen LogP) is 8.17. The number of hydrogen-bond donors (Lipinski definition) is 0. The van der Waals surface area contributed by atoms with E-state index in [9.17, 15) is 17.6 Å². The minimum absolute atomic E-state index is 0.0135. The summed E-state index contributed by atoms with van der Waals surface area (Å²) in [4.78, 5) is 0. The molecule has 0 radical (unpaired) electrons. The van der Waals surface area contributed by atoms with Gasteiger partial charge in [-0.1, -0.05) is 60.1 Å². The number of halogens is 5. The number of fused-ring (bicyclic) bond motifs is 1. The van der Waals surface area contributed by atoms with E-state index in [4.69, 9.17) is 0 Å². The molecule has 0 amide bonds. The van der Waals surface area contributed by atoms with Crippen molar-refractivity contribution < 1.29 is 26.7 Å². The van der Waals surface area contributed by atoms with Crippen LogP contribution in [-0.2, 0) is 6.42 Å². The fraction of sp³-hybridized carbons (Fsp3) is 0.125. The van der Waals surface area contributed by atoms with E-state index < -0.39 is 29.8 Å². The second kappa shape index (κ2) is 12.1. The van der Waals surface area contributed by atoms with E-state index in [2.05, 4.69) is 46.6 Å². The van der Waals surface area contributed by atoms with Gasteiger partial charge in [0.1, 0.15) is 5.82 Å². The molecule has 0 N–H and O–H groups in total. The summed E-state index contributed by atoms with van der Waals surface area (Å²) in [7, 11) is 0. The van der Waals surface area contributed by atoms with Crippen molar-refractivity contribution in [2.24, 2.45) is 0 Å². The Bertz CT molecular complexity index is 1590. The van der Waals surface area contributed by atoms with Crippen LogP contribution in [0.1, 0.15) is 41.2 Å². The van der Waals surface area contributed by atoms with E-state index >= 15 is 4.39 Å². The zero-order valence-corrected chi connectivity index (χ0v) is 20.3. The number of benzene rings is 4. The zero-order valence-electron chi connectivity index (χ0n) is 20.3. The minimum atomic E-state index is -3.38. The van der Waals surface area contributed by atoms with Gasteiger partial charge in [-0.15, -0.1) is 0 Å². The first-order valence-corrected chi connectivity index (χ1v) is 11.7. The summed E-state index contributed by atoms with van der Waals surface area (Å²) < 4.78 is 71.3. The molecule has 0 aromatic heterocycles. The van der Waals surface area contributed by atoms with Gasteiger partial charge in [0.15, 0.2) is 17.4 Å². The number of hydrogen-bond acceptors (Lipinski definition) is 1. The third-order valence-electron chi connectivity index (χ3n) is 5.64. The number of alkyl halides is 2. The first kappa shape index (κ1) is 26.5. The van der Waals surface area contributed by atoms with Crippen LogP contribution in [0.4, 0.5) is 22.0 Å². The minimum Gasteiger partial charge on any atom is -0.429 e. The molecule has 190 valence electrons. The largest absolute Gasteiger partial charge is 0.429 e. The zero-order chi connectivity index (χ0) is 27.1. The van der Waals surface area contributed by atoms with Gasteiger partial charge in [-0.3, -0.25) is 0 Å². The van der Waals surface area contributed by atoms with Crippen LogP contribution in [0.5, 0.6) is 5.75 Å². The van der Waals surface area contributed by atoms with Crippen LogP contribution >= 0.6 is 0 Å². The molecule has 0 aliphatic heterocycles. The average Bonchev–Trinajstić information content (AvgIpc) is 2.90. The lowest BCUT2D eigenvalue weighted by Gasteiger charge is -2.07. The Balaban J connectivity index is 1.53. The Labute approximate surface area is 217 Å². The van der Waals surface area contributed by atoms with Gasteiger partial charge in [-0.05, 0) is 73.2 Å². The summed E-state index contributed by atoms with van der Waals surface area (Å²) in [6.07, 6.45) is 6.12. The highest BCUT2D eigenvalue weighted by Crippen LogP contribution is 2.25. The summed E-state index contributed by atoms with van der Waals surface area (Å²) in [6, 6.07) is 17.7. The molecule has 6 heteroatoms. The lowest BCUT2D eigenvalue weighted by molar-refractivity contribution is -0.0546. The SMILES string of the molecule is C/C=C/CCc1ccc(C#Cc2ccc3c(F)c(C#Cc4cc(F)c(OC(F)F)c(F)c4)ccc3c2)cc1. The van der Waals surface area contributed by atoms with Crippen LogP contribution < -0.4 is 4.74 Å². The highest BCUT2D eigenvalue weighted by molar-refractivity contribution is 5.86. The summed E-state index contributed by atoms with van der Waals surface area (Å²) in [5.74, 6) is 6.75. The van der Waals surface area contributed by atoms with Gasteiger partial charge in [-0.2, -0.15) is 8.78 Å². The molecule has 0 atom stereocenters. The third-order valence-corrected chi connectivity index (χ3v) is 5.64. The van der Waals surface area contributed by atoms with Crippen molar-refractivity contribution >= 4 is 10.8 Å². The average molecular weight is 517 g/mol. The maximum atomic E-state index is 15.1. The normalized spacial score (nSPS) is 10.8. The van der Waals surface area contributed by atoms with Gasteiger partial charge < -0.3 is 4.74 Å². The Morgan fingerprint density at radius 3 is 2.11 bits per heavy atom. The van der Waals surface area contributed by atoms with Gasteiger partial charge in [0.2, 0.25) is 0 Å². The van der Waals surface area contributed by atoms with Gasteiger partial charge in [-0.25, -0.2) is 13.2 Å². The maximum Gasteiger partial charge on any atom is 0.387 e. The van der Waals surface area contributed by atoms with E-state index in [1.165, 1.54) is 11.6 Å². The molecule has 4 rings (SSSR count). The standard InChI is InChI=1S/C32H21F5O/c1-2-3-4-5-21-6-8-22(9-7-21)10-11-23-13-17-27-26(18-23)16-15-25(30(27)35)14-12-24-19-28(33)31(29(34)20-24)38-32(36)37/h2-3,6-9,13,15-20,32H,4-5H2,1H3/b3-2+. The molecule has 4 aromatic carbocycles. The van der Waals surface area contributed by atoms with E-state index in [0.717, 1.165) is 30.5 Å². The molecule has 0 unspecified atom stereocenters. The van der Waals surface area contributed by atoms with Crippen LogP contribution in [0, 0.1) is 41.1 Å². The van der Waals surface area contributed by atoms with E-state index in [0.29, 0.717) is 16.3 Å². The predicted molar refractivity (Wildman–Crippen MR) is 138 cm³/mol. The van der Waals surface area contributed by atoms with Crippen molar-refractivity contribution in [1.82, 2.24) is 0 Å². The molecule has 0 saturated carbocycles. The molecule has 4 aromatic rings. The highest BCUT2D eigenvalue weighted by Gasteiger charge is 2.16. The monoisotopic (exact) mass is 516 g/mol. The van der Waals surface area contributed by atoms with E-state index in [1.807, 2.05) is 25.1 Å². The van der Waals surface area contributed by atoms with Crippen molar-refractivity contribution in [1.29, 1.82) is 0 Å². The van der Waals surface area contributed by atoms with Crippen molar-refractivity contribution in [3.8, 4) is 29.4 Å². The molecule has 0 heterocycles. The van der Waals surface area contributed by atoms with Crippen LogP contribution in [0.2, 0.25) is 0 Å². The second-order valence-electron chi connectivity index (χ2n) is 8.32. The molecule has 0 aliphatic rings. The summed E-state index contributed by atoms with van der Waals surface area (Å²) in [5.41, 5.74) is 2.68. The molecular formula is C32H21F5O. The molecule has 0 saturated heterocycles. The molecule has 0 spiro atoms. The van der Waals surface area contributed by atoms with Crippen LogP contribution in [0.3, 0.4) is 0 Å². The van der Waals surface area contributed by atoms with Gasteiger partial charge >= 0.3 is 6.61 Å². The van der Waals surface area contributed by atoms with Crippen molar-refractivity contribution in [3.05, 3.63) is 124 Å². The Hall–Kier alpha value is -4.55. The van der Waals surface area contributed by atoms with Crippen molar-refractivity contribution in [3.63, 3.8) is 0 Å². The Morgan fingerprint density at radius 1 is 0.763 bits per heavy atom. The fourth-order valence-electron chi connectivity index (χ4n) is 3.76. The fourth-order valence-corrected chi connectivity index (χ4v) is 3.76. The van der Waals surface area contributed by atoms with Gasteiger partial charge in [0.25, 0.3) is 0 Å². The first-order chi connectivity index (χ1) is 18.3. The quantitative estimate of drug-likeness (QED) is 0.148. The maximum absolute atomic E-state index is 15.1. The van der Waals surface area contributed by atoms with Crippen LogP contribution in [0.15, 0.2) is 78.9 Å². The molecular weight excluding hydrogens is 495 g/mol. The third kappa shape index (κ3) is 6.60. The van der Waals surface area contributed by atoms with Crippen molar-refractivity contribution in [2.45, 2.75) is 26.4 Å². The lowest BCUT2D eigenvalue weighted by Crippen LogP contribution is -2.06. The van der Waals surface area contributed by atoms with E-state index in [1.54, 1.807) is 24.3 Å². The Morgan fingerprint density at radius 2 is 1.42 bits per heavy atom. The number of allylic oxidation sites excluding steroid dienone is 2. The second-order valence-corrected chi connectivity index (χ2v) is 8.32. The lowest BCUT2D eigenvalue weighted by atomic mass is 10.0. The van der Waals surface area contributed by atoms with E-state index in [-0.39, 0.29) is 11.1 Å². The molecule has 0 aliphatic carbocycles. The first-order valence-electron chi connectivity index (χ1n) is 11.7. The van der Waals surface area contributed by atoms with Crippen LogP contribution in [-0.4, -0.2) is 6.61 Å². The van der Waals surface area contributed by atoms with Gasteiger partial charge in [0.05, 0.1) is 5.56 Å². The highest BCUT2D eigenvalue weighted by atomic mass is 19.3. The smallest absolute Gasteiger partial charge is 0.387 e. The number of ether oxygens (including phenoxy) is 1. The Kier molecular flexibility index (Phi) is 8.46. The number of aryl methyl sites for hydroxylation is 1. The molecule has 1 nitrogen and oxygen atoms in total. The molecule has 0 fully saturated rings. The summed E-state index contributed by atoms with van der Waals surface area (Å²) in [6.45, 7) is -1.38. The topological polar surface area (TPSA) is 9.23 Å². The summed E-state index contributed by atoms with van der Waals surface area (Å²) in [5, 5.41) is 0.927.